The van der Waals surface area contributed by atoms with Gasteiger partial charge in [-0.3, -0.25) is 4.79 Å². The van der Waals surface area contributed by atoms with Crippen LogP contribution in [0.1, 0.15) is 0 Å². The highest BCUT2D eigenvalue weighted by Crippen LogP contribution is 1.68. The Morgan fingerprint density at radius 1 is 1.83 bits per heavy atom. The van der Waals surface area contributed by atoms with Gasteiger partial charge in [-0.1, -0.05) is 11.6 Å². The predicted molar refractivity (Wildman–Crippen MR) is 25.1 cm³/mol. The molecule has 0 spiro atoms. The SMILES string of the molecule is Cl.O=COCCl. The molecule has 0 unspecified atom stereocenters. The molecule has 0 aromatic carbocycles. The van der Waals surface area contributed by atoms with E-state index in [1.807, 2.05) is 0 Å². The van der Waals surface area contributed by atoms with E-state index in [0.717, 1.165) is 0 Å². The molecule has 0 atom stereocenters. The van der Waals surface area contributed by atoms with Gasteiger partial charge in [0, 0.05) is 0 Å². The summed E-state index contributed by atoms with van der Waals surface area (Å²) in [5, 5.41) is 0. The van der Waals surface area contributed by atoms with Crippen molar-refractivity contribution in [2.75, 3.05) is 6.07 Å². The minimum absolute atomic E-state index is 0. The van der Waals surface area contributed by atoms with Gasteiger partial charge in [-0.05, 0) is 0 Å². The van der Waals surface area contributed by atoms with Crippen LogP contribution >= 0.6 is 24.0 Å². The fourth-order valence-corrected chi connectivity index (χ4v) is 0.0772. The summed E-state index contributed by atoms with van der Waals surface area (Å²) in [6, 6.07) is -0.0521. The highest BCUT2D eigenvalue weighted by atomic mass is 35.5. The van der Waals surface area contributed by atoms with Crippen molar-refractivity contribution in [2.45, 2.75) is 0 Å². The summed E-state index contributed by atoms with van der Waals surface area (Å²) in [4.78, 5) is 9.10. The fourth-order valence-electron chi connectivity index (χ4n) is 0.0257. The quantitative estimate of drug-likeness (QED) is 0.408. The van der Waals surface area contributed by atoms with Crippen LogP contribution in [0.15, 0.2) is 0 Å². The molecule has 0 aliphatic heterocycles. The fraction of sp³-hybridized carbons (Fsp3) is 0.500. The number of rotatable bonds is 2. The molecule has 0 radical (unpaired) electrons. The molecule has 0 bridgehead atoms. The number of carbonyl (C=O) groups is 1. The summed E-state index contributed by atoms with van der Waals surface area (Å²) in [6.07, 6.45) is 0. The van der Waals surface area contributed by atoms with Crippen molar-refractivity contribution in [2.24, 2.45) is 0 Å². The van der Waals surface area contributed by atoms with Gasteiger partial charge in [0.05, 0.1) is 0 Å². The van der Waals surface area contributed by atoms with Gasteiger partial charge in [-0.15, -0.1) is 12.4 Å². The molecule has 0 heterocycles. The maximum Gasteiger partial charge on any atom is 0.294 e. The van der Waals surface area contributed by atoms with E-state index in [4.69, 9.17) is 16.4 Å². The standard InChI is InChI=1S/C2H3ClO2.ClH/c3-1-5-2-4;/h2H,1H2;1H. The second kappa shape index (κ2) is 8.90. The lowest BCUT2D eigenvalue weighted by molar-refractivity contribution is -0.126. The van der Waals surface area contributed by atoms with Crippen LogP contribution < -0.4 is 0 Å². The van der Waals surface area contributed by atoms with Crippen molar-refractivity contribution >= 4 is 30.5 Å². The van der Waals surface area contributed by atoms with Gasteiger partial charge in [-0.2, -0.15) is 0 Å². The first-order valence-corrected chi connectivity index (χ1v) is 1.56. The Kier molecular flexibility index (Phi) is 14.0. The van der Waals surface area contributed by atoms with Crippen molar-refractivity contribution in [3.8, 4) is 0 Å². The van der Waals surface area contributed by atoms with E-state index >= 15 is 0 Å². The number of carbonyl (C=O) groups excluding carboxylic acids is 1. The van der Waals surface area contributed by atoms with Gasteiger partial charge in [0.1, 0.15) is 0 Å². The topological polar surface area (TPSA) is 26.3 Å². The molecule has 0 aliphatic rings. The maximum absolute atomic E-state index is 9.10. The highest BCUT2D eigenvalue weighted by molar-refractivity contribution is 6.17. The van der Waals surface area contributed by atoms with Gasteiger partial charge in [0.15, 0.2) is 6.07 Å². The zero-order valence-corrected chi connectivity index (χ0v) is 4.46. The Morgan fingerprint density at radius 2 is 2.33 bits per heavy atom. The van der Waals surface area contributed by atoms with Crippen LogP contribution in [0.4, 0.5) is 0 Å². The molecule has 0 fully saturated rings. The Bertz CT molecular complexity index is 30.7. The van der Waals surface area contributed by atoms with Crippen LogP contribution in [-0.2, 0) is 9.53 Å². The first-order valence-electron chi connectivity index (χ1n) is 1.03. The predicted octanol–water partition coefficient (Wildman–Crippen LogP) is 0.777. The lowest BCUT2D eigenvalue weighted by atomic mass is 11.5. The van der Waals surface area contributed by atoms with E-state index in [1.165, 1.54) is 0 Å². The lowest BCUT2D eigenvalue weighted by Crippen LogP contribution is -1.77. The van der Waals surface area contributed by atoms with E-state index in [-0.39, 0.29) is 18.5 Å². The summed E-state index contributed by atoms with van der Waals surface area (Å²) in [6.45, 7) is 0.299. The summed E-state index contributed by atoms with van der Waals surface area (Å²) < 4.78 is 3.92. The molecular weight excluding hydrogens is 127 g/mol. The van der Waals surface area contributed by atoms with Gasteiger partial charge in [0.2, 0.25) is 0 Å². The van der Waals surface area contributed by atoms with Crippen molar-refractivity contribution in [1.82, 2.24) is 0 Å². The van der Waals surface area contributed by atoms with E-state index in [2.05, 4.69) is 4.74 Å². The van der Waals surface area contributed by atoms with E-state index < -0.39 is 0 Å². The Labute approximate surface area is 46.8 Å². The molecule has 38 valence electrons. The number of hydrogen-bond donors (Lipinski definition) is 0. The minimum atomic E-state index is -0.0521. The molecule has 0 N–H and O–H groups in total. The third-order valence-electron chi connectivity index (χ3n) is 0.131. The Morgan fingerprint density at radius 3 is 2.33 bits per heavy atom. The summed E-state index contributed by atoms with van der Waals surface area (Å²) >= 11 is 4.85. The van der Waals surface area contributed by atoms with E-state index in [1.54, 1.807) is 0 Å². The van der Waals surface area contributed by atoms with Crippen LogP contribution in [0.25, 0.3) is 0 Å². The van der Waals surface area contributed by atoms with Gasteiger partial charge >= 0.3 is 0 Å². The molecule has 0 saturated heterocycles. The maximum atomic E-state index is 9.10. The summed E-state index contributed by atoms with van der Waals surface area (Å²) in [5.74, 6) is 0. The van der Waals surface area contributed by atoms with Crippen LogP contribution in [0, 0.1) is 0 Å². The molecule has 0 rings (SSSR count). The summed E-state index contributed by atoms with van der Waals surface area (Å²) in [5.41, 5.74) is 0. The van der Waals surface area contributed by atoms with Crippen molar-refractivity contribution in [3.63, 3.8) is 0 Å². The van der Waals surface area contributed by atoms with Crippen LogP contribution in [0.2, 0.25) is 0 Å². The molecule has 0 aromatic rings. The molecular formula is C2H4Cl2O2. The highest BCUT2D eigenvalue weighted by Gasteiger charge is 1.63. The van der Waals surface area contributed by atoms with E-state index in [0.29, 0.717) is 6.47 Å². The number of alkyl halides is 1. The summed E-state index contributed by atoms with van der Waals surface area (Å²) in [7, 11) is 0. The second-order valence-electron chi connectivity index (χ2n) is 0.372. The molecule has 2 nitrogen and oxygen atoms in total. The Balaban J connectivity index is 0. The number of ether oxygens (including phenoxy) is 1. The van der Waals surface area contributed by atoms with Crippen LogP contribution in [0.3, 0.4) is 0 Å². The molecule has 6 heavy (non-hydrogen) atoms. The van der Waals surface area contributed by atoms with Crippen molar-refractivity contribution in [3.05, 3.63) is 0 Å². The second-order valence-corrected chi connectivity index (χ2v) is 0.590. The van der Waals surface area contributed by atoms with Gasteiger partial charge < -0.3 is 4.74 Å². The first-order chi connectivity index (χ1) is 2.41. The van der Waals surface area contributed by atoms with Crippen LogP contribution in [0.5, 0.6) is 0 Å². The Hall–Kier alpha value is 0.0500. The third kappa shape index (κ3) is 8.96. The molecule has 0 aliphatic carbocycles. The van der Waals surface area contributed by atoms with Crippen LogP contribution in [-0.4, -0.2) is 12.5 Å². The monoisotopic (exact) mass is 130 g/mol. The van der Waals surface area contributed by atoms with Crippen molar-refractivity contribution < 1.29 is 9.53 Å². The molecule has 0 saturated carbocycles. The van der Waals surface area contributed by atoms with Gasteiger partial charge in [-0.25, -0.2) is 0 Å². The molecule has 0 amide bonds. The first kappa shape index (κ1) is 9.41. The zero-order chi connectivity index (χ0) is 4.12. The van der Waals surface area contributed by atoms with E-state index in [9.17, 15) is 0 Å². The minimum Gasteiger partial charge on any atom is -0.452 e. The average molecular weight is 131 g/mol. The molecule has 0 aromatic heterocycles. The van der Waals surface area contributed by atoms with Crippen molar-refractivity contribution in [1.29, 1.82) is 0 Å². The van der Waals surface area contributed by atoms with Gasteiger partial charge in [0.25, 0.3) is 6.47 Å². The normalized spacial score (nSPS) is 5.50. The smallest absolute Gasteiger partial charge is 0.294 e. The number of hydrogen-bond acceptors (Lipinski definition) is 2. The number of halogens is 2. The lowest BCUT2D eigenvalue weighted by Gasteiger charge is -1.77. The molecule has 4 heteroatoms. The third-order valence-corrected chi connectivity index (χ3v) is 0.257. The zero-order valence-electron chi connectivity index (χ0n) is 2.89. The average Bonchev–Trinajstić information content (AvgIpc) is 1.41. The largest absolute Gasteiger partial charge is 0.452 e.